The molecule has 0 spiro atoms. The maximum atomic E-state index is 13.4. The van der Waals surface area contributed by atoms with Crippen molar-refractivity contribution in [2.24, 2.45) is 0 Å². The van der Waals surface area contributed by atoms with Crippen LogP contribution in [-0.2, 0) is 4.79 Å². The zero-order valence-corrected chi connectivity index (χ0v) is 16.6. The van der Waals surface area contributed by atoms with Crippen molar-refractivity contribution in [1.82, 2.24) is 24.7 Å². The molecule has 0 radical (unpaired) electrons. The van der Waals surface area contributed by atoms with E-state index in [0.29, 0.717) is 16.3 Å². The number of thioether (sulfide) groups is 1. The second kappa shape index (κ2) is 7.93. The Labute approximate surface area is 164 Å². The van der Waals surface area contributed by atoms with E-state index < -0.39 is 0 Å². The zero-order valence-electron chi connectivity index (χ0n) is 15.0. The Kier molecular flexibility index (Phi) is 5.40. The number of aromatic nitrogens is 4. The highest BCUT2D eigenvalue weighted by atomic mass is 32.2. The van der Waals surface area contributed by atoms with Gasteiger partial charge in [-0.25, -0.2) is 4.39 Å². The summed E-state index contributed by atoms with van der Waals surface area (Å²) >= 11 is 2.73. The van der Waals surface area contributed by atoms with Crippen molar-refractivity contribution < 1.29 is 9.18 Å². The molecule has 0 aromatic carbocycles. The molecule has 1 aliphatic heterocycles. The molecule has 4 rings (SSSR count). The van der Waals surface area contributed by atoms with Crippen molar-refractivity contribution in [2.45, 2.75) is 42.9 Å². The SMILES string of the molecule is CC[C@@H](Sc1ccc2nnc(-c3cc(F)cs3)n2n1)C(=O)N1CCCCC1. The third-order valence-electron chi connectivity index (χ3n) is 4.60. The number of likely N-dealkylation sites (tertiary alicyclic amines) is 1. The number of halogens is 1. The largest absolute Gasteiger partial charge is 0.342 e. The molecule has 0 unspecified atom stereocenters. The van der Waals surface area contributed by atoms with Crippen LogP contribution < -0.4 is 0 Å². The van der Waals surface area contributed by atoms with Crippen molar-refractivity contribution in [3.8, 4) is 10.7 Å². The number of carbonyl (C=O) groups excluding carboxylic acids is 1. The van der Waals surface area contributed by atoms with Crippen LogP contribution in [0.4, 0.5) is 4.39 Å². The highest BCUT2D eigenvalue weighted by Gasteiger charge is 2.26. The Morgan fingerprint density at radius 1 is 1.30 bits per heavy atom. The fourth-order valence-electron chi connectivity index (χ4n) is 3.19. The van der Waals surface area contributed by atoms with E-state index in [1.54, 1.807) is 4.52 Å². The first kappa shape index (κ1) is 18.4. The normalized spacial score (nSPS) is 16.0. The van der Waals surface area contributed by atoms with Gasteiger partial charge < -0.3 is 4.90 Å². The number of fused-ring (bicyclic) bond motifs is 1. The topological polar surface area (TPSA) is 63.4 Å². The van der Waals surface area contributed by atoms with E-state index in [4.69, 9.17) is 0 Å². The molecule has 0 bridgehead atoms. The Morgan fingerprint density at radius 3 is 2.81 bits per heavy atom. The minimum absolute atomic E-state index is 0.160. The smallest absolute Gasteiger partial charge is 0.236 e. The predicted molar refractivity (Wildman–Crippen MR) is 104 cm³/mol. The van der Waals surface area contributed by atoms with Crippen molar-refractivity contribution in [3.05, 3.63) is 29.4 Å². The summed E-state index contributed by atoms with van der Waals surface area (Å²) in [6.45, 7) is 3.72. The summed E-state index contributed by atoms with van der Waals surface area (Å²) in [6, 6.07) is 5.12. The lowest BCUT2D eigenvalue weighted by molar-refractivity contribution is -0.131. The molecule has 1 amide bonds. The molecule has 0 aliphatic carbocycles. The van der Waals surface area contributed by atoms with Gasteiger partial charge in [-0.1, -0.05) is 18.7 Å². The molecule has 3 aromatic rings. The lowest BCUT2D eigenvalue weighted by Gasteiger charge is -2.29. The molecule has 6 nitrogen and oxygen atoms in total. The third-order valence-corrected chi connectivity index (χ3v) is 6.78. The molecule has 0 saturated carbocycles. The van der Waals surface area contributed by atoms with E-state index in [1.807, 2.05) is 24.0 Å². The van der Waals surface area contributed by atoms with E-state index in [9.17, 15) is 9.18 Å². The van der Waals surface area contributed by atoms with Crippen LogP contribution in [0, 0.1) is 5.82 Å². The van der Waals surface area contributed by atoms with Crippen LogP contribution in [0.1, 0.15) is 32.6 Å². The molecule has 0 N–H and O–H groups in total. The molecular formula is C18H20FN5OS2. The van der Waals surface area contributed by atoms with Crippen LogP contribution >= 0.6 is 23.1 Å². The van der Waals surface area contributed by atoms with Crippen LogP contribution in [0.25, 0.3) is 16.3 Å². The van der Waals surface area contributed by atoms with E-state index >= 15 is 0 Å². The van der Waals surface area contributed by atoms with Gasteiger partial charge in [-0.3, -0.25) is 4.79 Å². The summed E-state index contributed by atoms with van der Waals surface area (Å²) in [4.78, 5) is 15.5. The van der Waals surface area contributed by atoms with Gasteiger partial charge in [0.15, 0.2) is 11.5 Å². The standard InChI is InChI=1S/C18H20FN5OS2/c1-2-13(18(25)23-8-4-3-5-9-23)27-16-7-6-15-20-21-17(24(15)22-16)14-10-12(19)11-26-14/h6-7,10-11,13H,2-5,8-9H2,1H3/t13-/m1/s1. The summed E-state index contributed by atoms with van der Waals surface area (Å²) in [5, 5.41) is 14.8. The molecule has 3 aromatic heterocycles. The van der Waals surface area contributed by atoms with Crippen molar-refractivity contribution in [2.75, 3.05) is 13.1 Å². The maximum Gasteiger partial charge on any atom is 0.236 e. The van der Waals surface area contributed by atoms with Gasteiger partial charge in [-0.2, -0.15) is 9.61 Å². The average molecular weight is 406 g/mol. The molecular weight excluding hydrogens is 385 g/mol. The molecule has 9 heteroatoms. The van der Waals surface area contributed by atoms with E-state index in [2.05, 4.69) is 15.3 Å². The lowest BCUT2D eigenvalue weighted by Crippen LogP contribution is -2.40. The average Bonchev–Trinajstić information content (AvgIpc) is 3.31. The Balaban J connectivity index is 1.58. The van der Waals surface area contributed by atoms with Crippen LogP contribution in [0.15, 0.2) is 28.6 Å². The van der Waals surface area contributed by atoms with Gasteiger partial charge in [-0.05, 0) is 43.9 Å². The maximum absolute atomic E-state index is 13.4. The third kappa shape index (κ3) is 3.84. The molecule has 1 atom stereocenters. The van der Waals surface area contributed by atoms with Crippen LogP contribution in [-0.4, -0.2) is 49.0 Å². The summed E-state index contributed by atoms with van der Waals surface area (Å²) in [5.74, 6) is 0.403. The van der Waals surface area contributed by atoms with Crippen LogP contribution in [0.3, 0.4) is 0 Å². The zero-order chi connectivity index (χ0) is 18.8. The molecule has 1 aliphatic rings. The summed E-state index contributed by atoms with van der Waals surface area (Å²) in [7, 11) is 0. The predicted octanol–water partition coefficient (Wildman–Crippen LogP) is 3.88. The van der Waals surface area contributed by atoms with Gasteiger partial charge >= 0.3 is 0 Å². The van der Waals surface area contributed by atoms with Crippen molar-refractivity contribution in [3.63, 3.8) is 0 Å². The minimum atomic E-state index is -0.296. The van der Waals surface area contributed by atoms with E-state index in [1.165, 1.54) is 41.0 Å². The second-order valence-electron chi connectivity index (χ2n) is 6.50. The lowest BCUT2D eigenvalue weighted by atomic mass is 10.1. The quantitative estimate of drug-likeness (QED) is 0.603. The summed E-state index contributed by atoms with van der Waals surface area (Å²) < 4.78 is 15.0. The highest BCUT2D eigenvalue weighted by Crippen LogP contribution is 2.29. The number of nitrogens with zero attached hydrogens (tertiary/aromatic N) is 5. The second-order valence-corrected chi connectivity index (χ2v) is 8.63. The minimum Gasteiger partial charge on any atom is -0.342 e. The number of piperidine rings is 1. The Hall–Kier alpha value is -2.00. The summed E-state index contributed by atoms with van der Waals surface area (Å²) in [5.41, 5.74) is 0.596. The van der Waals surface area contributed by atoms with Gasteiger partial charge in [0.1, 0.15) is 10.8 Å². The molecule has 1 saturated heterocycles. The van der Waals surface area contributed by atoms with Gasteiger partial charge in [0.05, 0.1) is 10.1 Å². The first-order valence-corrected chi connectivity index (χ1v) is 10.8. The van der Waals surface area contributed by atoms with Crippen molar-refractivity contribution >= 4 is 34.7 Å². The number of rotatable bonds is 5. The fraction of sp³-hybridized carbons (Fsp3) is 0.444. The van der Waals surface area contributed by atoms with Crippen LogP contribution in [0.5, 0.6) is 0 Å². The highest BCUT2D eigenvalue weighted by molar-refractivity contribution is 8.00. The molecule has 1 fully saturated rings. The number of hydrogen-bond donors (Lipinski definition) is 0. The Bertz CT molecular complexity index is 950. The number of amides is 1. The van der Waals surface area contributed by atoms with Crippen LogP contribution in [0.2, 0.25) is 0 Å². The summed E-state index contributed by atoms with van der Waals surface area (Å²) in [6.07, 6.45) is 4.10. The van der Waals surface area contributed by atoms with Gasteiger partial charge in [0.25, 0.3) is 0 Å². The molecule has 4 heterocycles. The fourth-order valence-corrected chi connectivity index (χ4v) is 4.90. The monoisotopic (exact) mass is 405 g/mol. The van der Waals surface area contributed by atoms with E-state index in [0.717, 1.165) is 37.4 Å². The van der Waals surface area contributed by atoms with Gasteiger partial charge in [0.2, 0.25) is 5.91 Å². The first-order valence-electron chi connectivity index (χ1n) is 9.08. The van der Waals surface area contributed by atoms with E-state index in [-0.39, 0.29) is 17.0 Å². The Morgan fingerprint density at radius 2 is 2.11 bits per heavy atom. The van der Waals surface area contributed by atoms with Crippen molar-refractivity contribution in [1.29, 1.82) is 0 Å². The first-order chi connectivity index (χ1) is 13.2. The molecule has 142 valence electrons. The number of hydrogen-bond acceptors (Lipinski definition) is 6. The van der Waals surface area contributed by atoms with Gasteiger partial charge in [0, 0.05) is 18.5 Å². The number of thiophene rings is 1. The number of carbonyl (C=O) groups is 1. The molecule has 27 heavy (non-hydrogen) atoms. The van der Waals surface area contributed by atoms with Gasteiger partial charge in [-0.15, -0.1) is 21.5 Å².